The Balaban J connectivity index is 0.000000715. The Morgan fingerprint density at radius 2 is 0.853 bits per heavy atom. The molecule has 4 aromatic carbocycles. The number of aliphatic hydroxyl groups is 3. The Morgan fingerprint density at radius 1 is 0.483 bits per heavy atom. The fraction of sp³-hybridized carbons (Fsp3) is 0.408. The van der Waals surface area contributed by atoms with Crippen molar-refractivity contribution in [1.82, 2.24) is 21.4 Å². The summed E-state index contributed by atoms with van der Waals surface area (Å²) in [5.74, 6) is -12.7. The summed E-state index contributed by atoms with van der Waals surface area (Å²) in [5, 5.41) is 84.6. The minimum absolute atomic E-state index is 0. The molecule has 4 aromatic rings. The van der Waals surface area contributed by atoms with Gasteiger partial charge in [0.1, 0.15) is 120 Å². The highest BCUT2D eigenvalue weighted by Gasteiger charge is 2.35. The molecule has 0 saturated carbocycles. The van der Waals surface area contributed by atoms with Crippen LogP contribution in [0.5, 0.6) is 0 Å². The van der Waals surface area contributed by atoms with E-state index in [9.17, 15) is 87.5 Å². The largest absolute Gasteiger partial charge is 0.870 e. The third kappa shape index (κ3) is 42.2. The third-order valence-corrected chi connectivity index (χ3v) is 14.6. The van der Waals surface area contributed by atoms with Crippen LogP contribution in [0.15, 0.2) is 141 Å². The fourth-order valence-electron chi connectivity index (χ4n) is 8.78. The first-order valence-corrected chi connectivity index (χ1v) is 34.1. The number of ether oxygens (including phenoxy) is 8. The molecule has 41 nitrogen and oxygen atoms in total. The minimum atomic E-state index is -1.34. The topological polar surface area (TPSA) is 645 Å². The number of nitrogens with one attached hydrogen (secondary N) is 4. The van der Waals surface area contributed by atoms with E-state index in [0.29, 0.717) is 22.3 Å². The predicted molar refractivity (Wildman–Crippen MR) is 399 cm³/mol. The van der Waals surface area contributed by atoms with Crippen LogP contribution in [0.25, 0.3) is 0 Å². The molecule has 0 aromatic heterocycles. The van der Waals surface area contributed by atoms with E-state index in [0.717, 1.165) is 0 Å². The molecule has 0 bridgehead atoms. The Hall–Kier alpha value is -12.0. The van der Waals surface area contributed by atoms with Gasteiger partial charge in [-0.2, -0.15) is 0 Å². The van der Waals surface area contributed by atoms with Crippen LogP contribution >= 0.6 is 0 Å². The zero-order valence-electron chi connectivity index (χ0n) is 61.1. The van der Waals surface area contributed by atoms with Crippen molar-refractivity contribution in [2.24, 2.45) is 31.4 Å². The van der Waals surface area contributed by atoms with Crippen molar-refractivity contribution in [2.45, 2.75) is 99.9 Å². The summed E-state index contributed by atoms with van der Waals surface area (Å²) in [6.07, 6.45) is -1.45. The first kappa shape index (κ1) is 100. The molecule has 0 spiro atoms. The maximum absolute atomic E-state index is 12.1. The lowest BCUT2D eigenvalue weighted by atomic mass is 10.1. The van der Waals surface area contributed by atoms with E-state index >= 15 is 0 Å². The number of nitrogens with zero attached hydrogens (tertiary/aromatic N) is 4. The van der Waals surface area contributed by atoms with E-state index in [1.54, 1.807) is 121 Å². The molecule has 4 heterocycles. The number of aliphatic carboxylic acids is 1. The van der Waals surface area contributed by atoms with Crippen molar-refractivity contribution in [3.63, 3.8) is 0 Å². The summed E-state index contributed by atoms with van der Waals surface area (Å²) in [6, 6.07) is 24.5. The van der Waals surface area contributed by atoms with E-state index in [1.165, 1.54) is 0 Å². The maximum atomic E-state index is 12.1. The van der Waals surface area contributed by atoms with Crippen molar-refractivity contribution in [2.75, 3.05) is 85.7 Å². The maximum Gasteiger partial charge on any atom is 0.356 e. The minimum Gasteiger partial charge on any atom is -0.870 e. The second-order valence-corrected chi connectivity index (χ2v) is 23.8. The van der Waals surface area contributed by atoms with E-state index in [-0.39, 0.29) is 124 Å². The number of benzene rings is 4. The van der Waals surface area contributed by atoms with Gasteiger partial charge >= 0.3 is 65.7 Å². The average Bonchev–Trinajstić information content (AvgIpc) is 1.83. The summed E-state index contributed by atoms with van der Waals surface area (Å²) < 4.78 is 38.4. The third-order valence-electron chi connectivity index (χ3n) is 14.6. The van der Waals surface area contributed by atoms with E-state index in [2.05, 4.69) is 58.8 Å². The van der Waals surface area contributed by atoms with Gasteiger partial charge in [0.2, 0.25) is 0 Å². The summed E-state index contributed by atoms with van der Waals surface area (Å²) in [7, 11) is 19.2. The van der Waals surface area contributed by atoms with Crippen LogP contribution in [-0.2, 0) is 90.7 Å². The number of Topliss-reactive ketones (excluding diaryl/α,β-unsaturated/α-hetero) is 3. The van der Waals surface area contributed by atoms with E-state index in [1.807, 2.05) is 0 Å². The molecule has 45 heteroatoms. The molecule has 116 heavy (non-hydrogen) atoms. The molecule has 0 amide bonds. The molecular weight excluding hydrogens is 1530 g/mol. The lowest BCUT2D eigenvalue weighted by Crippen LogP contribution is -2.42. The van der Waals surface area contributed by atoms with Gasteiger partial charge in [0, 0.05) is 18.1 Å². The summed E-state index contributed by atoms with van der Waals surface area (Å²) in [5.41, 5.74) is 14.9. The lowest BCUT2D eigenvalue weighted by molar-refractivity contribution is -0.209. The van der Waals surface area contributed by atoms with Crippen molar-refractivity contribution in [3.8, 4) is 0 Å². The SMILES string of the molecule is C.NC1COC(=O)CC(NCC(=O)c2ccccc2)C(=O)OC1.O=C1CC(NOC(=O)c2ccccc2)C(=O)O1.[B]C([O-])=NC(CO)CO.[B]C([O-])=NC(CO)COC(=O)CC(NCC(=O)c1ccccc1)C(=O)O.[B]C([O-])=NC1COC(=O)CC(N)C(=O)OC1.[B]C([O-])=NC1COC(=O)CC(NCC(=O)c2ccccc2)C(=O)OC1.[HH]. The van der Waals surface area contributed by atoms with Gasteiger partial charge in [-0.1, -0.05) is 140 Å². The number of nitrogens with two attached hydrogens (primary N) is 2. The van der Waals surface area contributed by atoms with Crippen LogP contribution in [0.2, 0.25) is 0 Å². The number of carbonyl (C=O) groups is 14. The zero-order valence-corrected chi connectivity index (χ0v) is 61.1. The highest BCUT2D eigenvalue weighted by molar-refractivity contribution is 6.56. The van der Waals surface area contributed by atoms with E-state index in [4.69, 9.17) is 88.6 Å². The standard InChI is InChI=1S/C16H19BN2O7.C16H17BN2O6.C15H18N2O5.C11H9NO5.C8H11BN2O5.C4H8BNO3.CH4.H2/c17-16(25)19-11(8-20)9-26-14(22)6-12(15(23)24)18-7-13(21)10-4-2-1-3-5-10;17-16(23)19-11-8-24-14(21)6-12(15(22)25-9-11)18-7-13(20)10-4-2-1-3-5-10;16-11-8-21-14(19)6-12(15(20)22-9-11)17-7-13(18)10-4-2-1-3-5-10;13-9-6-8(11(15)16-9)12-17-10(14)7-4-2-1-3-5-7;9-8(14)11-4-2-15-6(12)1-5(10)7(13)16-3-4;5-4(9)6-3(1-7)2-8;;/h1-5,11-12,18,20H,6-9H2,(H,19,25)(H,23,24);1-5,11-12,18H,6-9H2,(H,19,23);1-5,11-12,17H,6-9,16H2;1-5,8,12H,6H2;4-5H,1-3,10H2,(H,11,14);3,7-8H,1-2H2,(H,6,9);1H4;1H/p-4. The molecule has 9 atom stereocenters. The number of carboxylic acids is 1. The summed E-state index contributed by atoms with van der Waals surface area (Å²) in [6.45, 7) is -3.07. The molecule has 4 aliphatic heterocycles. The van der Waals surface area contributed by atoms with Gasteiger partial charge in [-0.25, -0.2) is 9.59 Å². The zero-order chi connectivity index (χ0) is 85.4. The molecule has 9 unspecified atom stereocenters. The first-order valence-electron chi connectivity index (χ1n) is 34.1. The van der Waals surface area contributed by atoms with Crippen molar-refractivity contribution in [3.05, 3.63) is 144 Å². The van der Waals surface area contributed by atoms with Crippen molar-refractivity contribution >= 4 is 138 Å². The fourth-order valence-corrected chi connectivity index (χ4v) is 8.78. The van der Waals surface area contributed by atoms with Crippen LogP contribution in [0.1, 0.15) is 82.4 Å². The van der Waals surface area contributed by atoms with Crippen molar-refractivity contribution < 1.29 is 152 Å². The van der Waals surface area contributed by atoms with Crippen LogP contribution in [0.3, 0.4) is 0 Å². The number of aliphatic hydroxyl groups excluding tert-OH is 3. The van der Waals surface area contributed by atoms with E-state index < -0.39 is 169 Å². The number of hydrogen-bond acceptors (Lipinski definition) is 40. The molecule has 8 rings (SSSR count). The lowest BCUT2D eigenvalue weighted by Gasteiger charge is -2.16. The molecule has 4 fully saturated rings. The first-order chi connectivity index (χ1) is 54.7. The highest BCUT2D eigenvalue weighted by atomic mass is 16.7. The van der Waals surface area contributed by atoms with Crippen LogP contribution < -0.4 is 53.3 Å². The van der Waals surface area contributed by atoms with Gasteiger partial charge in [-0.15, -0.1) is 5.48 Å². The average molecular weight is 1620 g/mol. The Bertz CT molecular complexity index is 3980. The summed E-state index contributed by atoms with van der Waals surface area (Å²) in [4.78, 5) is 180. The number of aliphatic imine (C=N–C) groups is 4. The highest BCUT2D eigenvalue weighted by Crippen LogP contribution is 2.12. The number of rotatable bonds is 27. The molecule has 620 valence electrons. The van der Waals surface area contributed by atoms with Gasteiger partial charge in [0.25, 0.3) is 0 Å². The van der Waals surface area contributed by atoms with Crippen molar-refractivity contribution in [1.29, 1.82) is 0 Å². The van der Waals surface area contributed by atoms with Gasteiger partial charge in [-0.05, 0) is 12.1 Å². The van der Waals surface area contributed by atoms with Crippen LogP contribution in [-0.4, -0.2) is 304 Å². The molecule has 12 N–H and O–H groups in total. The Labute approximate surface area is 669 Å². The number of hydrogen-bond donors (Lipinski definition) is 10. The molecule has 8 radical (unpaired) electrons. The number of carbonyl (C=O) groups excluding carboxylic acids is 13. The van der Waals surface area contributed by atoms with Gasteiger partial charge in [0.05, 0.1) is 89.2 Å². The molecular formula is C71H84B4N10O31-4. The molecule has 4 aliphatic rings. The number of ketones is 3. The quantitative estimate of drug-likeness (QED) is 0.00387. The van der Waals surface area contributed by atoms with Crippen LogP contribution in [0.4, 0.5) is 0 Å². The second kappa shape index (κ2) is 55.5. The summed E-state index contributed by atoms with van der Waals surface area (Å²) >= 11 is 0. The van der Waals surface area contributed by atoms with Gasteiger partial charge in [0.15, 0.2) is 23.4 Å². The smallest absolute Gasteiger partial charge is 0.356 e. The Morgan fingerprint density at radius 3 is 1.25 bits per heavy atom. The predicted octanol–water partition coefficient (Wildman–Crippen LogP) is -8.34. The number of cyclic esters (lactones) is 8. The second-order valence-electron chi connectivity index (χ2n) is 23.8. The monoisotopic (exact) mass is 1620 g/mol. The van der Waals surface area contributed by atoms with Gasteiger partial charge < -0.3 is 115 Å². The Kier molecular flexibility index (Phi) is 47.9. The van der Waals surface area contributed by atoms with Gasteiger partial charge in [-0.3, -0.25) is 73.5 Å². The molecule has 4 saturated heterocycles. The molecule has 0 aliphatic carbocycles. The number of carboxylic acid groups (broad SMARTS) is 1. The number of hydroxylamine groups is 1. The normalized spacial score (nSPS) is 19.8. The van der Waals surface area contributed by atoms with Crippen LogP contribution in [0, 0.1) is 0 Å². The number of esters is 9.